The standard InChI is InChI=1S/C14H12Cl2N2O2/c1-8-10-4-5-18(7-13(10)20-17-8)14(19)11-6-9(15)2-3-12(11)16/h2-3,6H,4-5,7H2,1H3. The molecule has 1 aliphatic rings. The lowest BCUT2D eigenvalue weighted by molar-refractivity contribution is 0.0716. The zero-order valence-electron chi connectivity index (χ0n) is 10.8. The second kappa shape index (κ2) is 5.11. The molecule has 2 heterocycles. The first-order valence-electron chi connectivity index (χ1n) is 6.24. The predicted octanol–water partition coefficient (Wildman–Crippen LogP) is 3.49. The fourth-order valence-corrected chi connectivity index (χ4v) is 2.75. The van der Waals surface area contributed by atoms with E-state index in [1.807, 2.05) is 6.92 Å². The van der Waals surface area contributed by atoms with Gasteiger partial charge in [0.1, 0.15) is 0 Å². The molecule has 4 nitrogen and oxygen atoms in total. The molecule has 0 radical (unpaired) electrons. The maximum Gasteiger partial charge on any atom is 0.255 e. The smallest absolute Gasteiger partial charge is 0.255 e. The normalized spacial score (nSPS) is 14.2. The van der Waals surface area contributed by atoms with Gasteiger partial charge in [0, 0.05) is 17.1 Å². The van der Waals surface area contributed by atoms with Crippen LogP contribution < -0.4 is 0 Å². The van der Waals surface area contributed by atoms with Gasteiger partial charge in [0.05, 0.1) is 22.8 Å². The van der Waals surface area contributed by atoms with Gasteiger partial charge in [-0.3, -0.25) is 4.79 Å². The number of amides is 1. The van der Waals surface area contributed by atoms with Crippen molar-refractivity contribution in [2.45, 2.75) is 19.9 Å². The number of aryl methyl sites for hydroxylation is 1. The van der Waals surface area contributed by atoms with Crippen LogP contribution in [0.4, 0.5) is 0 Å². The van der Waals surface area contributed by atoms with E-state index >= 15 is 0 Å². The summed E-state index contributed by atoms with van der Waals surface area (Å²) in [6.45, 7) is 2.95. The van der Waals surface area contributed by atoms with Crippen LogP contribution in [-0.2, 0) is 13.0 Å². The van der Waals surface area contributed by atoms with Gasteiger partial charge in [0.25, 0.3) is 5.91 Å². The lowest BCUT2D eigenvalue weighted by atomic mass is 10.0. The topological polar surface area (TPSA) is 46.3 Å². The summed E-state index contributed by atoms with van der Waals surface area (Å²) in [5.74, 6) is 0.609. The molecule has 0 bridgehead atoms. The number of carbonyl (C=O) groups is 1. The molecule has 6 heteroatoms. The first kappa shape index (κ1) is 13.5. The SMILES string of the molecule is Cc1noc2c1CCN(C(=O)c1cc(Cl)ccc1Cl)C2. The Morgan fingerprint density at radius 2 is 2.20 bits per heavy atom. The van der Waals surface area contributed by atoms with Crippen molar-refractivity contribution in [2.75, 3.05) is 6.54 Å². The molecule has 0 atom stereocenters. The van der Waals surface area contributed by atoms with Gasteiger partial charge in [-0.1, -0.05) is 28.4 Å². The van der Waals surface area contributed by atoms with Crippen LogP contribution in [0.25, 0.3) is 0 Å². The van der Waals surface area contributed by atoms with Crippen molar-refractivity contribution in [3.8, 4) is 0 Å². The van der Waals surface area contributed by atoms with Crippen LogP contribution in [0, 0.1) is 6.92 Å². The van der Waals surface area contributed by atoms with Crippen molar-refractivity contribution < 1.29 is 9.32 Å². The van der Waals surface area contributed by atoms with E-state index in [0.717, 1.165) is 23.4 Å². The molecular weight excluding hydrogens is 299 g/mol. The largest absolute Gasteiger partial charge is 0.359 e. The van der Waals surface area contributed by atoms with Crippen molar-refractivity contribution in [3.05, 3.63) is 50.8 Å². The quantitative estimate of drug-likeness (QED) is 0.810. The molecule has 0 saturated carbocycles. The Bertz CT molecular complexity index is 682. The van der Waals surface area contributed by atoms with E-state index in [1.54, 1.807) is 23.1 Å². The molecule has 1 aromatic heterocycles. The van der Waals surface area contributed by atoms with Gasteiger partial charge in [-0.15, -0.1) is 0 Å². The Morgan fingerprint density at radius 1 is 1.40 bits per heavy atom. The minimum absolute atomic E-state index is 0.141. The number of benzene rings is 1. The fourth-order valence-electron chi connectivity index (χ4n) is 2.38. The van der Waals surface area contributed by atoms with Gasteiger partial charge >= 0.3 is 0 Å². The van der Waals surface area contributed by atoms with E-state index < -0.39 is 0 Å². The van der Waals surface area contributed by atoms with E-state index in [4.69, 9.17) is 27.7 Å². The van der Waals surface area contributed by atoms with Crippen molar-refractivity contribution >= 4 is 29.1 Å². The molecule has 1 amide bonds. The van der Waals surface area contributed by atoms with Crippen molar-refractivity contribution in [1.29, 1.82) is 0 Å². The van der Waals surface area contributed by atoms with Gasteiger partial charge in [0.2, 0.25) is 0 Å². The molecular formula is C14H12Cl2N2O2. The van der Waals surface area contributed by atoms with Gasteiger partial charge in [-0.05, 0) is 31.5 Å². The third-order valence-electron chi connectivity index (χ3n) is 3.48. The van der Waals surface area contributed by atoms with Crippen molar-refractivity contribution in [3.63, 3.8) is 0 Å². The van der Waals surface area contributed by atoms with Gasteiger partial charge < -0.3 is 9.42 Å². The monoisotopic (exact) mass is 310 g/mol. The van der Waals surface area contributed by atoms with E-state index in [-0.39, 0.29) is 5.91 Å². The number of carbonyl (C=O) groups excluding carboxylic acids is 1. The van der Waals surface area contributed by atoms with Crippen molar-refractivity contribution in [2.24, 2.45) is 0 Å². The number of aromatic nitrogens is 1. The van der Waals surface area contributed by atoms with Crippen LogP contribution in [0.1, 0.15) is 27.4 Å². The Hall–Kier alpha value is -1.52. The first-order chi connectivity index (χ1) is 9.56. The Balaban J connectivity index is 1.87. The Labute approximate surface area is 126 Å². The molecule has 0 N–H and O–H groups in total. The van der Waals surface area contributed by atoms with Crippen LogP contribution in [0.5, 0.6) is 0 Å². The molecule has 1 aliphatic heterocycles. The predicted molar refractivity (Wildman–Crippen MR) is 76.1 cm³/mol. The third kappa shape index (κ3) is 2.30. The van der Waals surface area contributed by atoms with E-state index in [0.29, 0.717) is 28.7 Å². The summed E-state index contributed by atoms with van der Waals surface area (Å²) >= 11 is 12.0. The summed E-state index contributed by atoms with van der Waals surface area (Å²) in [4.78, 5) is 14.2. The highest BCUT2D eigenvalue weighted by Crippen LogP contribution is 2.26. The molecule has 0 unspecified atom stereocenters. The molecule has 0 aliphatic carbocycles. The second-order valence-corrected chi connectivity index (χ2v) is 5.61. The minimum Gasteiger partial charge on any atom is -0.359 e. The van der Waals surface area contributed by atoms with Gasteiger partial charge in [-0.25, -0.2) is 0 Å². The highest BCUT2D eigenvalue weighted by atomic mass is 35.5. The number of halogens is 2. The Kier molecular flexibility index (Phi) is 3.44. The second-order valence-electron chi connectivity index (χ2n) is 4.77. The van der Waals surface area contributed by atoms with Gasteiger partial charge in [0.15, 0.2) is 5.76 Å². The Morgan fingerprint density at radius 3 is 3.00 bits per heavy atom. The highest BCUT2D eigenvalue weighted by molar-refractivity contribution is 6.35. The van der Waals surface area contributed by atoms with E-state index in [1.165, 1.54) is 0 Å². The lowest BCUT2D eigenvalue weighted by Crippen LogP contribution is -2.35. The van der Waals surface area contributed by atoms with Crippen molar-refractivity contribution in [1.82, 2.24) is 10.1 Å². The lowest BCUT2D eigenvalue weighted by Gasteiger charge is -2.26. The summed E-state index contributed by atoms with van der Waals surface area (Å²) in [6.07, 6.45) is 0.745. The molecule has 0 saturated heterocycles. The van der Waals surface area contributed by atoms with Crippen LogP contribution in [0.2, 0.25) is 10.0 Å². The number of hydrogen-bond donors (Lipinski definition) is 0. The van der Waals surface area contributed by atoms with Crippen LogP contribution >= 0.6 is 23.2 Å². The molecule has 0 spiro atoms. The molecule has 0 fully saturated rings. The number of fused-ring (bicyclic) bond motifs is 1. The average Bonchev–Trinajstić information content (AvgIpc) is 2.82. The number of rotatable bonds is 1. The average molecular weight is 311 g/mol. The summed E-state index contributed by atoms with van der Waals surface area (Å²) < 4.78 is 5.25. The van der Waals surface area contributed by atoms with E-state index in [9.17, 15) is 4.79 Å². The van der Waals surface area contributed by atoms with Crippen LogP contribution in [0.3, 0.4) is 0 Å². The first-order valence-corrected chi connectivity index (χ1v) is 7.00. The summed E-state index contributed by atoms with van der Waals surface area (Å²) in [5, 5.41) is 4.83. The molecule has 104 valence electrons. The van der Waals surface area contributed by atoms with Crippen LogP contribution in [-0.4, -0.2) is 22.5 Å². The zero-order valence-corrected chi connectivity index (χ0v) is 12.3. The summed E-state index contributed by atoms with van der Waals surface area (Å²) in [6, 6.07) is 4.88. The fraction of sp³-hybridized carbons (Fsp3) is 0.286. The number of hydrogen-bond acceptors (Lipinski definition) is 3. The maximum atomic E-state index is 12.5. The van der Waals surface area contributed by atoms with Gasteiger partial charge in [-0.2, -0.15) is 0 Å². The number of nitrogens with zero attached hydrogens (tertiary/aromatic N) is 2. The zero-order chi connectivity index (χ0) is 14.3. The minimum atomic E-state index is -0.141. The summed E-state index contributed by atoms with van der Waals surface area (Å²) in [7, 11) is 0. The summed E-state index contributed by atoms with van der Waals surface area (Å²) in [5.41, 5.74) is 2.41. The molecule has 3 rings (SSSR count). The van der Waals surface area contributed by atoms with E-state index in [2.05, 4.69) is 5.16 Å². The molecule has 2 aromatic rings. The highest BCUT2D eigenvalue weighted by Gasteiger charge is 2.27. The maximum absolute atomic E-state index is 12.5. The third-order valence-corrected chi connectivity index (χ3v) is 4.04. The molecule has 20 heavy (non-hydrogen) atoms. The molecule has 1 aromatic carbocycles. The van der Waals surface area contributed by atoms with Crippen LogP contribution in [0.15, 0.2) is 22.7 Å².